The Morgan fingerprint density at radius 3 is 2.64 bits per heavy atom. The highest BCUT2D eigenvalue weighted by molar-refractivity contribution is 6.14. The first-order valence-electron chi connectivity index (χ1n) is 9.30. The standard InChI is InChI=1S/C21H26N6O/c1-6-12-7-8-13(15(9-12)23-5)17(22)16-11-25-19-18(26-16)14(10-24-19)20(28)27-21(2,3)4/h7-11,22-23H,6H2,1-5H3,(H,24,25)(H,27,28). The van der Waals surface area contributed by atoms with Crippen molar-refractivity contribution in [1.29, 1.82) is 5.41 Å². The average Bonchev–Trinajstić information content (AvgIpc) is 3.08. The number of rotatable bonds is 5. The van der Waals surface area contributed by atoms with Crippen LogP contribution in [0.2, 0.25) is 0 Å². The smallest absolute Gasteiger partial charge is 0.255 e. The Balaban J connectivity index is 2.01. The first kappa shape index (κ1) is 19.5. The van der Waals surface area contributed by atoms with Crippen LogP contribution in [-0.4, -0.2) is 39.2 Å². The van der Waals surface area contributed by atoms with E-state index in [0.717, 1.165) is 17.7 Å². The summed E-state index contributed by atoms with van der Waals surface area (Å²) in [5, 5.41) is 14.7. The third kappa shape index (κ3) is 3.88. The van der Waals surface area contributed by atoms with Crippen molar-refractivity contribution < 1.29 is 4.79 Å². The summed E-state index contributed by atoms with van der Waals surface area (Å²) in [6.07, 6.45) is 4.08. The van der Waals surface area contributed by atoms with Crippen molar-refractivity contribution in [1.82, 2.24) is 20.3 Å². The molecule has 3 aromatic rings. The molecule has 0 atom stereocenters. The lowest BCUT2D eigenvalue weighted by Gasteiger charge is -2.20. The van der Waals surface area contributed by atoms with Gasteiger partial charge in [0, 0.05) is 30.0 Å². The largest absolute Gasteiger partial charge is 0.388 e. The molecule has 7 heteroatoms. The second-order valence-corrected chi connectivity index (χ2v) is 7.72. The summed E-state index contributed by atoms with van der Waals surface area (Å²) >= 11 is 0. The van der Waals surface area contributed by atoms with Crippen LogP contribution in [0.1, 0.15) is 54.9 Å². The molecular formula is C21H26N6O. The summed E-state index contributed by atoms with van der Waals surface area (Å²) in [5.74, 6) is -0.222. The summed E-state index contributed by atoms with van der Waals surface area (Å²) in [6.45, 7) is 7.86. The van der Waals surface area contributed by atoms with E-state index >= 15 is 0 Å². The number of carbonyl (C=O) groups excluding carboxylic acids is 1. The van der Waals surface area contributed by atoms with Crippen molar-refractivity contribution in [3.05, 3.63) is 53.0 Å². The van der Waals surface area contributed by atoms with Gasteiger partial charge in [-0.3, -0.25) is 10.2 Å². The fourth-order valence-corrected chi connectivity index (χ4v) is 2.97. The Morgan fingerprint density at radius 2 is 2.00 bits per heavy atom. The van der Waals surface area contributed by atoms with Crippen LogP contribution in [0.15, 0.2) is 30.6 Å². The van der Waals surface area contributed by atoms with Crippen LogP contribution < -0.4 is 10.6 Å². The number of benzene rings is 1. The molecule has 4 N–H and O–H groups in total. The minimum Gasteiger partial charge on any atom is -0.388 e. The SMILES string of the molecule is CCc1ccc(C(=N)c2cnc3[nH]cc(C(=O)NC(C)(C)C)c3n2)c(NC)c1. The lowest BCUT2D eigenvalue weighted by molar-refractivity contribution is 0.0921. The van der Waals surface area contributed by atoms with Gasteiger partial charge in [0.1, 0.15) is 11.2 Å². The van der Waals surface area contributed by atoms with E-state index in [0.29, 0.717) is 22.4 Å². The van der Waals surface area contributed by atoms with Gasteiger partial charge in [0.05, 0.1) is 17.5 Å². The van der Waals surface area contributed by atoms with E-state index in [1.54, 1.807) is 12.4 Å². The van der Waals surface area contributed by atoms with Crippen molar-refractivity contribution >= 4 is 28.5 Å². The number of anilines is 1. The van der Waals surface area contributed by atoms with E-state index < -0.39 is 0 Å². The van der Waals surface area contributed by atoms with Crippen molar-refractivity contribution in [2.75, 3.05) is 12.4 Å². The predicted molar refractivity (Wildman–Crippen MR) is 112 cm³/mol. The average molecular weight is 378 g/mol. The van der Waals surface area contributed by atoms with Gasteiger partial charge in [0.25, 0.3) is 5.91 Å². The van der Waals surface area contributed by atoms with Gasteiger partial charge in [0.15, 0.2) is 5.65 Å². The molecule has 0 bridgehead atoms. The highest BCUT2D eigenvalue weighted by atomic mass is 16.1. The maximum Gasteiger partial charge on any atom is 0.255 e. The van der Waals surface area contributed by atoms with Gasteiger partial charge in [0.2, 0.25) is 0 Å². The molecule has 7 nitrogen and oxygen atoms in total. The van der Waals surface area contributed by atoms with Crippen molar-refractivity contribution in [3.63, 3.8) is 0 Å². The molecule has 0 spiro atoms. The highest BCUT2D eigenvalue weighted by Gasteiger charge is 2.21. The van der Waals surface area contributed by atoms with Gasteiger partial charge in [-0.05, 0) is 38.8 Å². The second-order valence-electron chi connectivity index (χ2n) is 7.72. The van der Waals surface area contributed by atoms with E-state index in [1.807, 2.05) is 46.0 Å². The number of hydrogen-bond acceptors (Lipinski definition) is 5. The Kier molecular flexibility index (Phi) is 5.18. The topological polar surface area (TPSA) is 107 Å². The van der Waals surface area contributed by atoms with Crippen LogP contribution in [0, 0.1) is 5.41 Å². The number of H-pyrrole nitrogens is 1. The molecule has 1 amide bonds. The molecule has 146 valence electrons. The van der Waals surface area contributed by atoms with Crippen LogP contribution in [-0.2, 0) is 6.42 Å². The lowest BCUT2D eigenvalue weighted by atomic mass is 10.0. The van der Waals surface area contributed by atoms with Gasteiger partial charge in [-0.25, -0.2) is 9.97 Å². The Hall–Kier alpha value is -3.22. The van der Waals surface area contributed by atoms with Crippen LogP contribution in [0.4, 0.5) is 5.69 Å². The highest BCUT2D eigenvalue weighted by Crippen LogP contribution is 2.22. The van der Waals surface area contributed by atoms with Crippen molar-refractivity contribution in [2.45, 2.75) is 39.7 Å². The van der Waals surface area contributed by atoms with Gasteiger partial charge < -0.3 is 15.6 Å². The van der Waals surface area contributed by atoms with Crippen LogP contribution in [0.3, 0.4) is 0 Å². The zero-order valence-electron chi connectivity index (χ0n) is 16.9. The van der Waals surface area contributed by atoms with Gasteiger partial charge in [-0.1, -0.05) is 19.1 Å². The van der Waals surface area contributed by atoms with Crippen LogP contribution in [0.25, 0.3) is 11.2 Å². The summed E-state index contributed by atoms with van der Waals surface area (Å²) in [6, 6.07) is 5.97. The predicted octanol–water partition coefficient (Wildman–Crippen LogP) is 3.51. The molecule has 0 saturated carbocycles. The zero-order valence-corrected chi connectivity index (χ0v) is 16.9. The van der Waals surface area contributed by atoms with Gasteiger partial charge >= 0.3 is 0 Å². The number of carbonyl (C=O) groups is 1. The van der Waals surface area contributed by atoms with E-state index in [-0.39, 0.29) is 17.2 Å². The maximum absolute atomic E-state index is 12.6. The zero-order chi connectivity index (χ0) is 20.5. The summed E-state index contributed by atoms with van der Waals surface area (Å²) in [7, 11) is 1.83. The quantitative estimate of drug-likeness (QED) is 0.510. The molecule has 0 aliphatic heterocycles. The number of nitrogens with one attached hydrogen (secondary N) is 4. The molecule has 0 aliphatic rings. The van der Waals surface area contributed by atoms with Crippen LogP contribution in [0.5, 0.6) is 0 Å². The Labute approximate surface area is 164 Å². The minimum atomic E-state index is -0.360. The number of nitrogens with zero attached hydrogens (tertiary/aromatic N) is 2. The molecule has 2 heterocycles. The number of hydrogen-bond donors (Lipinski definition) is 4. The maximum atomic E-state index is 12.6. The molecule has 1 aromatic carbocycles. The van der Waals surface area contributed by atoms with Crippen molar-refractivity contribution in [3.8, 4) is 0 Å². The van der Waals surface area contributed by atoms with Gasteiger partial charge in [-0.15, -0.1) is 0 Å². The normalized spacial score (nSPS) is 11.5. The number of fused-ring (bicyclic) bond motifs is 1. The van der Waals surface area contributed by atoms with Crippen LogP contribution >= 0.6 is 0 Å². The molecular weight excluding hydrogens is 352 g/mol. The first-order chi connectivity index (χ1) is 13.2. The number of aromatic nitrogens is 3. The molecule has 0 fully saturated rings. The molecule has 2 aromatic heterocycles. The molecule has 0 saturated heterocycles. The van der Waals surface area contributed by atoms with E-state index in [9.17, 15) is 4.79 Å². The second kappa shape index (κ2) is 7.42. The Bertz CT molecular complexity index is 1040. The fraction of sp³-hybridized carbons (Fsp3) is 0.333. The molecule has 28 heavy (non-hydrogen) atoms. The number of aryl methyl sites for hydroxylation is 1. The third-order valence-electron chi connectivity index (χ3n) is 4.40. The van der Waals surface area contributed by atoms with Crippen molar-refractivity contribution in [2.24, 2.45) is 0 Å². The van der Waals surface area contributed by atoms with E-state index in [4.69, 9.17) is 5.41 Å². The summed E-state index contributed by atoms with van der Waals surface area (Å²) in [5.41, 5.74) is 4.50. The summed E-state index contributed by atoms with van der Waals surface area (Å²) < 4.78 is 0. The van der Waals surface area contributed by atoms with E-state index in [1.165, 1.54) is 5.56 Å². The van der Waals surface area contributed by atoms with Gasteiger partial charge in [-0.2, -0.15) is 0 Å². The molecule has 0 radical (unpaired) electrons. The Morgan fingerprint density at radius 1 is 1.25 bits per heavy atom. The van der Waals surface area contributed by atoms with E-state index in [2.05, 4.69) is 32.5 Å². The molecule has 0 aliphatic carbocycles. The number of aromatic amines is 1. The third-order valence-corrected chi connectivity index (χ3v) is 4.40. The lowest BCUT2D eigenvalue weighted by Crippen LogP contribution is -2.40. The molecule has 3 rings (SSSR count). The minimum absolute atomic E-state index is 0.222. The summed E-state index contributed by atoms with van der Waals surface area (Å²) in [4.78, 5) is 24.5. The monoisotopic (exact) mass is 378 g/mol. The number of amides is 1. The first-order valence-corrected chi connectivity index (χ1v) is 9.30. The fourth-order valence-electron chi connectivity index (χ4n) is 2.97. The molecule has 0 unspecified atom stereocenters.